The van der Waals surface area contributed by atoms with Gasteiger partial charge in [0.05, 0.1) is 18.1 Å². The van der Waals surface area contributed by atoms with E-state index in [1.165, 1.54) is 5.57 Å². The van der Waals surface area contributed by atoms with Crippen LogP contribution in [0.2, 0.25) is 0 Å². The van der Waals surface area contributed by atoms with Gasteiger partial charge in [-0.2, -0.15) is 0 Å². The molecule has 4 atom stereocenters. The maximum absolute atomic E-state index is 12.7. The number of nitrogens with zero attached hydrogens (tertiary/aromatic N) is 1. The summed E-state index contributed by atoms with van der Waals surface area (Å²) in [6, 6.07) is 0. The van der Waals surface area contributed by atoms with Gasteiger partial charge in [0.15, 0.2) is 0 Å². The molecular weight excluding hydrogens is 238 g/mol. The third-order valence-electron chi connectivity index (χ3n) is 4.42. The quantitative estimate of drug-likeness (QED) is 0.719. The zero-order chi connectivity index (χ0) is 14.4. The van der Waals surface area contributed by atoms with Crippen molar-refractivity contribution in [3.8, 4) is 0 Å². The Labute approximate surface area is 117 Å². The van der Waals surface area contributed by atoms with Crippen LogP contribution in [0.4, 0.5) is 0 Å². The molecule has 1 amide bonds. The Morgan fingerprint density at radius 3 is 2.21 bits per heavy atom. The van der Waals surface area contributed by atoms with Gasteiger partial charge in [-0.25, -0.2) is 0 Å². The average molecular weight is 265 g/mol. The second-order valence-electron chi connectivity index (χ2n) is 7.07. The van der Waals surface area contributed by atoms with Crippen molar-refractivity contribution in [3.63, 3.8) is 0 Å². The molecule has 1 saturated heterocycles. The minimum Gasteiger partial charge on any atom is -0.372 e. The van der Waals surface area contributed by atoms with Gasteiger partial charge in [-0.3, -0.25) is 4.79 Å². The summed E-state index contributed by atoms with van der Waals surface area (Å²) in [6.45, 7) is 14.2. The number of carbonyl (C=O) groups excluding carboxylic acids is 1. The SMILES string of the molecule is CC(C)=CC1C(C(=O)N2CC(C)OC(C)C2)C1(C)C. The molecule has 0 radical (unpaired) electrons. The van der Waals surface area contributed by atoms with E-state index in [4.69, 9.17) is 4.74 Å². The van der Waals surface area contributed by atoms with E-state index in [9.17, 15) is 4.79 Å². The Balaban J connectivity index is 2.07. The van der Waals surface area contributed by atoms with Crippen LogP contribution in [-0.2, 0) is 9.53 Å². The van der Waals surface area contributed by atoms with E-state index in [0.717, 1.165) is 13.1 Å². The zero-order valence-electron chi connectivity index (χ0n) is 13.1. The Kier molecular flexibility index (Phi) is 3.78. The van der Waals surface area contributed by atoms with Gasteiger partial charge >= 0.3 is 0 Å². The zero-order valence-corrected chi connectivity index (χ0v) is 13.1. The maximum Gasteiger partial charge on any atom is 0.227 e. The molecule has 1 aliphatic carbocycles. The van der Waals surface area contributed by atoms with Crippen LogP contribution in [0, 0.1) is 17.3 Å². The topological polar surface area (TPSA) is 29.5 Å². The van der Waals surface area contributed by atoms with Gasteiger partial charge in [0.1, 0.15) is 0 Å². The van der Waals surface area contributed by atoms with Crippen LogP contribution in [0.25, 0.3) is 0 Å². The highest BCUT2D eigenvalue weighted by Crippen LogP contribution is 2.60. The second kappa shape index (κ2) is 4.93. The first-order valence-corrected chi connectivity index (χ1v) is 7.32. The van der Waals surface area contributed by atoms with Crippen LogP contribution in [0.3, 0.4) is 0 Å². The summed E-state index contributed by atoms with van der Waals surface area (Å²) in [6.07, 6.45) is 2.56. The van der Waals surface area contributed by atoms with Crippen LogP contribution in [-0.4, -0.2) is 36.1 Å². The fourth-order valence-electron chi connectivity index (χ4n) is 3.37. The van der Waals surface area contributed by atoms with Crippen molar-refractivity contribution in [2.24, 2.45) is 17.3 Å². The van der Waals surface area contributed by atoms with Gasteiger partial charge < -0.3 is 9.64 Å². The Morgan fingerprint density at radius 1 is 1.21 bits per heavy atom. The lowest BCUT2D eigenvalue weighted by molar-refractivity contribution is -0.145. The summed E-state index contributed by atoms with van der Waals surface area (Å²) in [7, 11) is 0. The fraction of sp³-hybridized carbons (Fsp3) is 0.812. The van der Waals surface area contributed by atoms with Crippen LogP contribution in [0.15, 0.2) is 11.6 Å². The molecule has 3 heteroatoms. The molecule has 2 fully saturated rings. The molecule has 4 unspecified atom stereocenters. The summed E-state index contributed by atoms with van der Waals surface area (Å²) < 4.78 is 5.70. The smallest absolute Gasteiger partial charge is 0.227 e. The number of rotatable bonds is 2. The first-order valence-electron chi connectivity index (χ1n) is 7.32. The number of allylic oxidation sites excluding steroid dienone is 2. The monoisotopic (exact) mass is 265 g/mol. The van der Waals surface area contributed by atoms with E-state index < -0.39 is 0 Å². The molecule has 0 aromatic heterocycles. The van der Waals surface area contributed by atoms with E-state index in [1.807, 2.05) is 18.7 Å². The molecule has 0 N–H and O–H groups in total. The number of hydrogen-bond donors (Lipinski definition) is 0. The molecule has 2 aliphatic rings. The van der Waals surface area contributed by atoms with Crippen molar-refractivity contribution in [1.82, 2.24) is 4.90 Å². The minimum absolute atomic E-state index is 0.110. The predicted octanol–water partition coefficient (Wildman–Crippen LogP) is 2.86. The van der Waals surface area contributed by atoms with Gasteiger partial charge in [-0.1, -0.05) is 25.5 Å². The van der Waals surface area contributed by atoms with E-state index in [-0.39, 0.29) is 23.5 Å². The molecule has 2 rings (SSSR count). The molecule has 0 spiro atoms. The van der Waals surface area contributed by atoms with Crippen molar-refractivity contribution in [2.75, 3.05) is 13.1 Å². The summed E-state index contributed by atoms with van der Waals surface area (Å²) in [5, 5.41) is 0. The molecule has 0 aromatic carbocycles. The summed E-state index contributed by atoms with van der Waals surface area (Å²) >= 11 is 0. The highest BCUT2D eigenvalue weighted by Gasteiger charge is 2.61. The Bertz CT molecular complexity index is 386. The van der Waals surface area contributed by atoms with Crippen LogP contribution >= 0.6 is 0 Å². The molecule has 0 bridgehead atoms. The van der Waals surface area contributed by atoms with Gasteiger partial charge in [-0.15, -0.1) is 0 Å². The number of hydrogen-bond acceptors (Lipinski definition) is 2. The Hall–Kier alpha value is -0.830. The van der Waals surface area contributed by atoms with Gasteiger partial charge in [0.2, 0.25) is 5.91 Å². The summed E-state index contributed by atoms with van der Waals surface area (Å²) in [5.74, 6) is 0.868. The lowest BCUT2D eigenvalue weighted by atomic mass is 10.1. The van der Waals surface area contributed by atoms with E-state index >= 15 is 0 Å². The molecule has 19 heavy (non-hydrogen) atoms. The van der Waals surface area contributed by atoms with Crippen molar-refractivity contribution in [3.05, 3.63) is 11.6 Å². The van der Waals surface area contributed by atoms with Gasteiger partial charge in [0, 0.05) is 13.1 Å². The maximum atomic E-state index is 12.7. The lowest BCUT2D eigenvalue weighted by Crippen LogP contribution is -2.49. The minimum atomic E-state index is 0.110. The van der Waals surface area contributed by atoms with E-state index in [1.54, 1.807) is 0 Å². The highest BCUT2D eigenvalue weighted by molar-refractivity contribution is 5.84. The van der Waals surface area contributed by atoms with Crippen LogP contribution < -0.4 is 0 Å². The van der Waals surface area contributed by atoms with E-state index in [2.05, 4.69) is 33.8 Å². The molecular formula is C16H27NO2. The van der Waals surface area contributed by atoms with E-state index in [0.29, 0.717) is 11.8 Å². The third kappa shape index (κ3) is 2.86. The molecule has 1 heterocycles. The van der Waals surface area contributed by atoms with Gasteiger partial charge in [0.25, 0.3) is 0 Å². The first kappa shape index (κ1) is 14.6. The number of morpholine rings is 1. The van der Waals surface area contributed by atoms with Gasteiger partial charge in [-0.05, 0) is 39.0 Å². The van der Waals surface area contributed by atoms with Crippen LogP contribution in [0.1, 0.15) is 41.5 Å². The van der Waals surface area contributed by atoms with Crippen molar-refractivity contribution >= 4 is 5.91 Å². The third-order valence-corrected chi connectivity index (χ3v) is 4.42. The first-order chi connectivity index (χ1) is 8.73. The standard InChI is InChI=1S/C16H27NO2/c1-10(2)7-13-14(16(13,5)6)15(18)17-8-11(3)19-12(4)9-17/h7,11-14H,8-9H2,1-6H3. The number of ether oxygens (including phenoxy) is 1. The molecule has 3 nitrogen and oxygen atoms in total. The average Bonchev–Trinajstić information content (AvgIpc) is 2.77. The normalized spacial score (nSPS) is 36.8. The largest absolute Gasteiger partial charge is 0.372 e. The Morgan fingerprint density at radius 2 is 1.74 bits per heavy atom. The molecule has 1 saturated carbocycles. The van der Waals surface area contributed by atoms with Crippen molar-refractivity contribution in [1.29, 1.82) is 0 Å². The van der Waals surface area contributed by atoms with Crippen molar-refractivity contribution in [2.45, 2.75) is 53.8 Å². The lowest BCUT2D eigenvalue weighted by Gasteiger charge is -2.35. The molecule has 108 valence electrons. The fourth-order valence-corrected chi connectivity index (χ4v) is 3.37. The second-order valence-corrected chi connectivity index (χ2v) is 7.07. The predicted molar refractivity (Wildman–Crippen MR) is 76.8 cm³/mol. The molecule has 0 aromatic rings. The number of carbonyl (C=O) groups is 1. The summed E-state index contributed by atoms with van der Waals surface area (Å²) in [4.78, 5) is 14.7. The highest BCUT2D eigenvalue weighted by atomic mass is 16.5. The number of amides is 1. The molecule has 1 aliphatic heterocycles. The van der Waals surface area contributed by atoms with Crippen LogP contribution in [0.5, 0.6) is 0 Å². The van der Waals surface area contributed by atoms with Crippen molar-refractivity contribution < 1.29 is 9.53 Å². The summed E-state index contributed by atoms with van der Waals surface area (Å²) in [5.41, 5.74) is 1.41.